The fraction of sp³-hybridized carbons (Fsp3) is 0.111. The van der Waals surface area contributed by atoms with Crippen LogP contribution in [0, 0.1) is 0 Å². The Hall–Kier alpha value is -3.38. The highest BCUT2D eigenvalue weighted by molar-refractivity contribution is 8.76. The van der Waals surface area contributed by atoms with Crippen molar-refractivity contribution in [1.82, 2.24) is 29.7 Å². The van der Waals surface area contributed by atoms with Gasteiger partial charge < -0.3 is 21.2 Å². The molecule has 12 heteroatoms. The summed E-state index contributed by atoms with van der Waals surface area (Å²) in [5.41, 5.74) is 1.65. The Morgan fingerprint density at radius 1 is 0.633 bits per heavy atom. The Bertz CT molecular complexity index is 1050. The van der Waals surface area contributed by atoms with E-state index in [-0.39, 0.29) is 0 Å². The molecule has 4 aromatic rings. The predicted octanol–water partition coefficient (Wildman–Crippen LogP) is 2.45. The summed E-state index contributed by atoms with van der Waals surface area (Å²) in [5, 5.41) is 17.6. The number of ether oxygens (including phenoxy) is 2. The van der Waals surface area contributed by atoms with Crippen molar-refractivity contribution in [3.8, 4) is 34.3 Å². The van der Waals surface area contributed by atoms with Gasteiger partial charge in [0.25, 0.3) is 0 Å². The van der Waals surface area contributed by atoms with Crippen LogP contribution in [-0.2, 0) is 0 Å². The molecular weight excluding hydrogens is 424 g/mol. The summed E-state index contributed by atoms with van der Waals surface area (Å²) in [6.07, 6.45) is 0. The number of hydrogen-bond acceptors (Lipinski definition) is 10. The highest BCUT2D eigenvalue weighted by Crippen LogP contribution is 2.36. The Morgan fingerprint density at radius 3 is 1.33 bits per heavy atom. The molecule has 2 aromatic carbocycles. The molecule has 2 heterocycles. The monoisotopic (exact) mass is 442 g/mol. The molecule has 4 N–H and O–H groups in total. The Morgan fingerprint density at radius 2 is 1.00 bits per heavy atom. The maximum Gasteiger partial charge on any atom is 0.221 e. The van der Waals surface area contributed by atoms with Gasteiger partial charge in [-0.2, -0.15) is 0 Å². The van der Waals surface area contributed by atoms with Crippen LogP contribution in [-0.4, -0.2) is 44.0 Å². The summed E-state index contributed by atoms with van der Waals surface area (Å²) in [5.74, 6) is 14.9. The molecule has 154 valence electrons. The maximum atomic E-state index is 6.17. The van der Waals surface area contributed by atoms with Gasteiger partial charge in [-0.05, 0) is 70.1 Å². The van der Waals surface area contributed by atoms with Gasteiger partial charge >= 0.3 is 0 Å². The van der Waals surface area contributed by atoms with E-state index in [1.807, 2.05) is 48.5 Å². The second-order valence-corrected chi connectivity index (χ2v) is 8.04. The Kier molecular flexibility index (Phi) is 5.68. The largest absolute Gasteiger partial charge is 0.497 e. The Labute approximate surface area is 179 Å². The first-order valence-electron chi connectivity index (χ1n) is 8.65. The van der Waals surface area contributed by atoms with Gasteiger partial charge in [-0.15, -0.1) is 20.4 Å². The van der Waals surface area contributed by atoms with Gasteiger partial charge in [0.1, 0.15) is 11.5 Å². The lowest BCUT2D eigenvalue weighted by Gasteiger charge is -2.05. The van der Waals surface area contributed by atoms with Gasteiger partial charge in [0.2, 0.25) is 10.3 Å². The van der Waals surface area contributed by atoms with Crippen LogP contribution in [0.2, 0.25) is 0 Å². The molecule has 0 saturated carbocycles. The lowest BCUT2D eigenvalue weighted by molar-refractivity contribution is 0.414. The van der Waals surface area contributed by atoms with E-state index in [1.165, 1.54) is 30.9 Å². The smallest absolute Gasteiger partial charge is 0.221 e. The van der Waals surface area contributed by atoms with E-state index in [0.717, 1.165) is 22.6 Å². The summed E-state index contributed by atoms with van der Waals surface area (Å²) < 4.78 is 13.2. The topological polar surface area (TPSA) is 132 Å². The van der Waals surface area contributed by atoms with Crippen molar-refractivity contribution in [1.29, 1.82) is 0 Å². The summed E-state index contributed by atoms with van der Waals surface area (Å²) in [6, 6.07) is 14.8. The van der Waals surface area contributed by atoms with Gasteiger partial charge in [0, 0.05) is 11.1 Å². The molecule has 0 atom stereocenters. The SMILES string of the molecule is COc1ccc(-c2nnc(SSc3nnc(-c4ccc(OC)cc4)n3N)n2N)cc1. The number of methoxy groups -OCH3 is 2. The number of nitrogen functional groups attached to an aromatic ring is 2. The number of benzene rings is 2. The van der Waals surface area contributed by atoms with Crippen molar-refractivity contribution in [2.75, 3.05) is 25.9 Å². The fourth-order valence-electron chi connectivity index (χ4n) is 2.62. The molecule has 4 rings (SSSR count). The molecule has 0 saturated heterocycles. The zero-order valence-corrected chi connectivity index (χ0v) is 17.7. The second-order valence-electron chi connectivity index (χ2n) is 5.98. The van der Waals surface area contributed by atoms with Crippen LogP contribution in [0.25, 0.3) is 22.8 Å². The van der Waals surface area contributed by atoms with Gasteiger partial charge in [0.05, 0.1) is 14.2 Å². The average Bonchev–Trinajstić information content (AvgIpc) is 3.34. The Balaban J connectivity index is 1.49. The molecule has 0 aliphatic heterocycles. The predicted molar refractivity (Wildman–Crippen MR) is 116 cm³/mol. The molecule has 0 aliphatic carbocycles. The molecule has 2 aromatic heterocycles. The number of nitrogens with zero attached hydrogens (tertiary/aromatic N) is 6. The second kappa shape index (κ2) is 8.55. The maximum absolute atomic E-state index is 6.17. The third-order valence-corrected chi connectivity index (χ3v) is 6.30. The van der Waals surface area contributed by atoms with E-state index in [9.17, 15) is 0 Å². The summed E-state index contributed by atoms with van der Waals surface area (Å²) in [6.45, 7) is 0. The lowest BCUT2D eigenvalue weighted by Crippen LogP contribution is -2.12. The van der Waals surface area contributed by atoms with E-state index in [1.54, 1.807) is 14.2 Å². The minimum atomic E-state index is 0.500. The zero-order chi connectivity index (χ0) is 21.1. The quantitative estimate of drug-likeness (QED) is 0.325. The van der Waals surface area contributed by atoms with Crippen molar-refractivity contribution in [3.63, 3.8) is 0 Å². The third kappa shape index (κ3) is 3.86. The molecular formula is C18H18N8O2S2. The van der Waals surface area contributed by atoms with Gasteiger partial charge in [-0.25, -0.2) is 9.35 Å². The summed E-state index contributed by atoms with van der Waals surface area (Å²) in [4.78, 5) is 0. The van der Waals surface area contributed by atoms with Gasteiger partial charge in [-0.1, -0.05) is 0 Å². The minimum absolute atomic E-state index is 0.500. The van der Waals surface area contributed by atoms with Crippen LogP contribution >= 0.6 is 21.6 Å². The van der Waals surface area contributed by atoms with Crippen molar-refractivity contribution in [2.45, 2.75) is 10.3 Å². The van der Waals surface area contributed by atoms with Crippen LogP contribution in [0.3, 0.4) is 0 Å². The molecule has 10 nitrogen and oxygen atoms in total. The standard InChI is InChI=1S/C18H18N8O2S2/c1-27-13-7-3-11(4-8-13)15-21-23-17(25(15)19)29-30-18-24-22-16(26(18)20)12-5-9-14(28-2)10-6-12/h3-10H,19-20H2,1-2H3. The summed E-state index contributed by atoms with van der Waals surface area (Å²) >= 11 is 0. The number of aromatic nitrogens is 6. The third-order valence-electron chi connectivity index (χ3n) is 4.22. The molecule has 0 amide bonds. The first-order chi connectivity index (χ1) is 14.6. The minimum Gasteiger partial charge on any atom is -0.497 e. The number of nitrogens with two attached hydrogens (primary N) is 2. The zero-order valence-electron chi connectivity index (χ0n) is 16.1. The van der Waals surface area contributed by atoms with Gasteiger partial charge in [0.15, 0.2) is 11.6 Å². The van der Waals surface area contributed by atoms with Crippen molar-refractivity contribution >= 4 is 21.6 Å². The van der Waals surface area contributed by atoms with E-state index in [0.29, 0.717) is 22.0 Å². The first-order valence-corrected chi connectivity index (χ1v) is 10.8. The highest BCUT2D eigenvalue weighted by Gasteiger charge is 2.17. The molecule has 0 radical (unpaired) electrons. The molecule has 0 fully saturated rings. The normalized spacial score (nSPS) is 10.9. The van der Waals surface area contributed by atoms with Crippen LogP contribution < -0.4 is 21.2 Å². The van der Waals surface area contributed by atoms with Crippen LogP contribution in [0.5, 0.6) is 11.5 Å². The van der Waals surface area contributed by atoms with Gasteiger partial charge in [-0.3, -0.25) is 0 Å². The van der Waals surface area contributed by atoms with E-state index in [2.05, 4.69) is 20.4 Å². The van der Waals surface area contributed by atoms with E-state index in [4.69, 9.17) is 21.2 Å². The van der Waals surface area contributed by atoms with Crippen molar-refractivity contribution < 1.29 is 9.47 Å². The number of rotatable bonds is 7. The average molecular weight is 443 g/mol. The van der Waals surface area contributed by atoms with E-state index < -0.39 is 0 Å². The van der Waals surface area contributed by atoms with Crippen LogP contribution in [0.15, 0.2) is 58.8 Å². The molecule has 0 aliphatic rings. The molecule has 30 heavy (non-hydrogen) atoms. The van der Waals surface area contributed by atoms with Crippen LogP contribution in [0.1, 0.15) is 0 Å². The van der Waals surface area contributed by atoms with E-state index >= 15 is 0 Å². The summed E-state index contributed by atoms with van der Waals surface area (Å²) in [7, 11) is 5.80. The number of hydrogen-bond donors (Lipinski definition) is 2. The van der Waals surface area contributed by atoms with Crippen molar-refractivity contribution in [3.05, 3.63) is 48.5 Å². The highest BCUT2D eigenvalue weighted by atomic mass is 33.1. The fourth-order valence-corrected chi connectivity index (χ4v) is 4.38. The molecule has 0 unspecified atom stereocenters. The van der Waals surface area contributed by atoms with Crippen molar-refractivity contribution in [2.24, 2.45) is 0 Å². The molecule has 0 bridgehead atoms. The first kappa shape index (κ1) is 19.9. The lowest BCUT2D eigenvalue weighted by atomic mass is 10.2. The molecule has 0 spiro atoms. The van der Waals surface area contributed by atoms with Crippen LogP contribution in [0.4, 0.5) is 0 Å².